The van der Waals surface area contributed by atoms with Crippen molar-refractivity contribution < 1.29 is 14.6 Å². The molecule has 0 aromatic rings. The third-order valence-corrected chi connectivity index (χ3v) is 2.22. The smallest absolute Gasteiger partial charge is 0.410 e. The van der Waals surface area contributed by atoms with Gasteiger partial charge in [-0.15, -0.1) is 0 Å². The summed E-state index contributed by atoms with van der Waals surface area (Å²) < 4.78 is 5.29. The molecule has 1 N–H and O–H groups in total. The highest BCUT2D eigenvalue weighted by Gasteiger charge is 2.26. The van der Waals surface area contributed by atoms with Gasteiger partial charge in [0.1, 0.15) is 5.60 Å². The molecule has 0 fully saturated rings. The third kappa shape index (κ3) is 6.19. The number of allylic oxidation sites excluding steroid dienone is 1. The molecule has 0 aliphatic rings. The fraction of sp³-hybridized carbons (Fsp3) is 0.769. The lowest BCUT2D eigenvalue weighted by Gasteiger charge is -2.31. The van der Waals surface area contributed by atoms with Crippen molar-refractivity contribution in [2.24, 2.45) is 5.92 Å². The SMILES string of the molecule is C/C(O)=C\[C@H](C(C)C)N(C)C(=O)OC(C)(C)C. The summed E-state index contributed by atoms with van der Waals surface area (Å²) in [6.07, 6.45) is 1.28. The Morgan fingerprint density at radius 3 is 2.12 bits per heavy atom. The molecule has 0 spiro atoms. The highest BCUT2D eigenvalue weighted by Crippen LogP contribution is 2.16. The number of rotatable bonds is 3. The first-order chi connectivity index (χ1) is 7.54. The quantitative estimate of drug-likeness (QED) is 0.773. The number of carbonyl (C=O) groups excluding carboxylic acids is 1. The molecule has 17 heavy (non-hydrogen) atoms. The van der Waals surface area contributed by atoms with Crippen LogP contribution in [-0.2, 0) is 4.74 Å². The minimum absolute atomic E-state index is 0.171. The second-order valence-electron chi connectivity index (χ2n) is 5.63. The Hall–Kier alpha value is -1.19. The van der Waals surface area contributed by atoms with Gasteiger partial charge in [-0.3, -0.25) is 0 Å². The molecule has 0 rings (SSSR count). The molecule has 4 nitrogen and oxygen atoms in total. The van der Waals surface area contributed by atoms with Crippen LogP contribution in [0.4, 0.5) is 4.79 Å². The van der Waals surface area contributed by atoms with Crippen LogP contribution in [0.3, 0.4) is 0 Å². The van der Waals surface area contributed by atoms with E-state index in [1.54, 1.807) is 20.0 Å². The van der Waals surface area contributed by atoms with Gasteiger partial charge in [-0.05, 0) is 39.7 Å². The number of amides is 1. The maximum Gasteiger partial charge on any atom is 0.410 e. The van der Waals surface area contributed by atoms with E-state index in [2.05, 4.69) is 0 Å². The van der Waals surface area contributed by atoms with Gasteiger partial charge in [-0.2, -0.15) is 0 Å². The van der Waals surface area contributed by atoms with Crippen LogP contribution < -0.4 is 0 Å². The predicted molar refractivity (Wildman–Crippen MR) is 69.0 cm³/mol. The van der Waals surface area contributed by atoms with Crippen LogP contribution in [0.25, 0.3) is 0 Å². The van der Waals surface area contributed by atoms with E-state index in [1.807, 2.05) is 34.6 Å². The number of likely N-dealkylation sites (N-methyl/N-ethyl adjacent to an activating group) is 1. The van der Waals surface area contributed by atoms with Crippen LogP contribution in [0.2, 0.25) is 0 Å². The zero-order chi connectivity index (χ0) is 13.8. The van der Waals surface area contributed by atoms with Crippen LogP contribution in [0, 0.1) is 5.92 Å². The van der Waals surface area contributed by atoms with Crippen molar-refractivity contribution in [1.29, 1.82) is 0 Å². The molecule has 0 aliphatic heterocycles. The Kier molecular flexibility index (Phi) is 5.52. The number of carbonyl (C=O) groups is 1. The lowest BCUT2D eigenvalue weighted by Crippen LogP contribution is -2.42. The van der Waals surface area contributed by atoms with E-state index in [-0.39, 0.29) is 23.8 Å². The standard InChI is InChI=1S/C13H25NO3/c1-9(2)11(8-10(3)15)14(7)12(16)17-13(4,5)6/h8-9,11,15H,1-7H3/b10-8+/t11-/m1/s1. The van der Waals surface area contributed by atoms with E-state index >= 15 is 0 Å². The normalized spacial score (nSPS) is 14.7. The number of nitrogens with zero attached hydrogens (tertiary/aromatic N) is 1. The summed E-state index contributed by atoms with van der Waals surface area (Å²) in [5.74, 6) is 0.411. The summed E-state index contributed by atoms with van der Waals surface area (Å²) >= 11 is 0. The first kappa shape index (κ1) is 15.8. The molecule has 4 heteroatoms. The Morgan fingerprint density at radius 2 is 1.82 bits per heavy atom. The van der Waals surface area contributed by atoms with Crippen molar-refractivity contribution in [3.05, 3.63) is 11.8 Å². The summed E-state index contributed by atoms with van der Waals surface area (Å²) in [6, 6.07) is -0.171. The van der Waals surface area contributed by atoms with E-state index in [0.29, 0.717) is 0 Å². The van der Waals surface area contributed by atoms with Crippen LogP contribution in [0.5, 0.6) is 0 Å². The second-order valence-corrected chi connectivity index (χ2v) is 5.63. The highest BCUT2D eigenvalue weighted by atomic mass is 16.6. The molecule has 0 radical (unpaired) electrons. The summed E-state index contributed by atoms with van der Waals surface area (Å²) in [4.78, 5) is 13.4. The molecule has 1 amide bonds. The minimum atomic E-state index is -0.509. The number of aliphatic hydroxyl groups is 1. The molecule has 0 bridgehead atoms. The summed E-state index contributed by atoms with van der Waals surface area (Å²) in [5.41, 5.74) is -0.509. The van der Waals surface area contributed by atoms with E-state index in [0.717, 1.165) is 0 Å². The van der Waals surface area contributed by atoms with E-state index < -0.39 is 5.60 Å². The van der Waals surface area contributed by atoms with E-state index in [9.17, 15) is 9.90 Å². The molecule has 0 unspecified atom stereocenters. The molecular weight excluding hydrogens is 218 g/mol. The largest absolute Gasteiger partial charge is 0.513 e. The van der Waals surface area contributed by atoms with Crippen LogP contribution in [-0.4, -0.2) is 34.8 Å². The predicted octanol–water partition coefficient (Wildman–Crippen LogP) is 3.34. The van der Waals surface area contributed by atoms with Gasteiger partial charge in [0, 0.05) is 7.05 Å². The highest BCUT2D eigenvalue weighted by molar-refractivity contribution is 5.68. The monoisotopic (exact) mass is 243 g/mol. The van der Waals surface area contributed by atoms with E-state index in [4.69, 9.17) is 4.74 Å². The van der Waals surface area contributed by atoms with Gasteiger partial charge in [-0.1, -0.05) is 13.8 Å². The molecule has 1 atom stereocenters. The average Bonchev–Trinajstić information content (AvgIpc) is 2.09. The summed E-state index contributed by atoms with van der Waals surface area (Å²) in [6.45, 7) is 11.1. The molecular formula is C13H25NO3. The van der Waals surface area contributed by atoms with Gasteiger partial charge in [0.15, 0.2) is 0 Å². The van der Waals surface area contributed by atoms with Crippen molar-refractivity contribution in [2.75, 3.05) is 7.05 Å². The second kappa shape index (κ2) is 5.94. The van der Waals surface area contributed by atoms with Crippen molar-refractivity contribution in [3.8, 4) is 0 Å². The van der Waals surface area contributed by atoms with Crippen LogP contribution >= 0.6 is 0 Å². The maximum absolute atomic E-state index is 11.9. The van der Waals surface area contributed by atoms with Crippen LogP contribution in [0.1, 0.15) is 41.5 Å². The Bertz CT molecular complexity index is 286. The van der Waals surface area contributed by atoms with Gasteiger partial charge >= 0.3 is 6.09 Å². The Morgan fingerprint density at radius 1 is 1.35 bits per heavy atom. The fourth-order valence-corrected chi connectivity index (χ4v) is 1.45. The Balaban J connectivity index is 4.79. The topological polar surface area (TPSA) is 49.8 Å². The van der Waals surface area contributed by atoms with Crippen molar-refractivity contribution >= 4 is 6.09 Å². The maximum atomic E-state index is 11.9. The van der Waals surface area contributed by atoms with Crippen molar-refractivity contribution in [1.82, 2.24) is 4.90 Å². The molecule has 100 valence electrons. The number of hydrogen-bond donors (Lipinski definition) is 1. The number of ether oxygens (including phenoxy) is 1. The van der Waals surface area contributed by atoms with E-state index in [1.165, 1.54) is 4.90 Å². The van der Waals surface area contributed by atoms with Crippen LogP contribution in [0.15, 0.2) is 11.8 Å². The lowest BCUT2D eigenvalue weighted by molar-refractivity contribution is 0.0221. The van der Waals surface area contributed by atoms with Gasteiger partial charge in [0.2, 0.25) is 0 Å². The minimum Gasteiger partial charge on any atom is -0.513 e. The zero-order valence-corrected chi connectivity index (χ0v) is 11.9. The van der Waals surface area contributed by atoms with Crippen molar-refractivity contribution in [3.63, 3.8) is 0 Å². The molecule has 0 aromatic carbocycles. The first-order valence-electron chi connectivity index (χ1n) is 5.88. The third-order valence-electron chi connectivity index (χ3n) is 2.22. The zero-order valence-electron chi connectivity index (χ0n) is 11.9. The van der Waals surface area contributed by atoms with Gasteiger partial charge in [0.05, 0.1) is 11.8 Å². The molecule has 0 heterocycles. The molecule has 0 aliphatic carbocycles. The summed E-state index contributed by atoms with van der Waals surface area (Å²) in [7, 11) is 1.68. The average molecular weight is 243 g/mol. The van der Waals surface area contributed by atoms with Gasteiger partial charge in [0.25, 0.3) is 0 Å². The first-order valence-corrected chi connectivity index (χ1v) is 5.88. The Labute approximate surface area is 104 Å². The molecule has 0 saturated heterocycles. The summed E-state index contributed by atoms with van der Waals surface area (Å²) in [5, 5.41) is 9.32. The number of hydrogen-bond acceptors (Lipinski definition) is 3. The molecule has 0 aromatic heterocycles. The van der Waals surface area contributed by atoms with Gasteiger partial charge < -0.3 is 14.7 Å². The lowest BCUT2D eigenvalue weighted by atomic mass is 10.0. The van der Waals surface area contributed by atoms with Crippen molar-refractivity contribution in [2.45, 2.75) is 53.2 Å². The molecule has 0 saturated carbocycles. The van der Waals surface area contributed by atoms with Gasteiger partial charge in [-0.25, -0.2) is 4.79 Å². The number of aliphatic hydroxyl groups excluding tert-OH is 1. The fourth-order valence-electron chi connectivity index (χ4n) is 1.45.